The molecule has 0 spiro atoms. The summed E-state index contributed by atoms with van der Waals surface area (Å²) in [4.78, 5) is 0. The minimum absolute atomic E-state index is 0.820. The summed E-state index contributed by atoms with van der Waals surface area (Å²) in [6.07, 6.45) is 0. The van der Waals surface area contributed by atoms with Crippen LogP contribution in [-0.4, -0.2) is 14.2 Å². The molecule has 0 saturated carbocycles. The summed E-state index contributed by atoms with van der Waals surface area (Å²) in [5.41, 5.74) is -0.973. The lowest BCUT2D eigenvalue weighted by Gasteiger charge is -2.15. The Morgan fingerprint density at radius 2 is 1.80 bits per heavy atom. The van der Waals surface area contributed by atoms with Gasteiger partial charge in [-0.25, -0.2) is 26.7 Å². The third kappa shape index (κ3) is 3.21. The Hall–Kier alpha value is -1.08. The number of benzene rings is 1. The lowest BCUT2D eigenvalue weighted by atomic mass is 10.1. The molecule has 0 amide bonds. The summed E-state index contributed by atoms with van der Waals surface area (Å²) in [5.74, 6) is -6.59. The Balaban J connectivity index is 3.12. The maximum atomic E-state index is 13.2. The smallest absolute Gasteiger partial charge is 0.229 e. The van der Waals surface area contributed by atoms with Crippen LogP contribution in [0.25, 0.3) is 0 Å². The second-order valence-corrected chi connectivity index (χ2v) is 4.61. The van der Waals surface area contributed by atoms with E-state index in [1.807, 2.05) is 0 Å². The molecule has 0 atom stereocenters. The van der Waals surface area contributed by atoms with Crippen molar-refractivity contribution >= 4 is 10.0 Å². The topological polar surface area (TPSA) is 60.2 Å². The van der Waals surface area contributed by atoms with E-state index in [0.29, 0.717) is 0 Å². The van der Waals surface area contributed by atoms with Gasteiger partial charge in [0, 0.05) is 0 Å². The molecule has 1 rings (SSSR count). The minimum atomic E-state index is -4.36. The van der Waals surface area contributed by atoms with Gasteiger partial charge in [0.05, 0.1) is 5.56 Å². The fraction of sp³-hybridized carbons (Fsp3) is 0.250. The summed E-state index contributed by atoms with van der Waals surface area (Å²) < 4.78 is 60.4. The van der Waals surface area contributed by atoms with Crippen LogP contribution >= 0.6 is 0 Å². The van der Waals surface area contributed by atoms with Crippen LogP contribution in [0.2, 0.25) is 0 Å². The van der Waals surface area contributed by atoms with E-state index in [1.165, 1.54) is 12.1 Å². The van der Waals surface area contributed by atoms with Crippen molar-refractivity contribution in [3.05, 3.63) is 35.6 Å². The van der Waals surface area contributed by atoms with Gasteiger partial charge in [-0.2, -0.15) is 0 Å². The molecular weight excluding hydrogens is 231 g/mol. The molecule has 7 heteroatoms. The van der Waals surface area contributed by atoms with Crippen LogP contribution in [0.3, 0.4) is 0 Å². The first kappa shape index (κ1) is 12.0. The minimum Gasteiger partial charge on any atom is -0.229 e. The molecule has 3 nitrogen and oxygen atoms in total. The zero-order chi connectivity index (χ0) is 11.7. The van der Waals surface area contributed by atoms with E-state index in [9.17, 15) is 21.6 Å². The lowest BCUT2D eigenvalue weighted by Crippen LogP contribution is -2.30. The Labute approximate surface area is 84.8 Å². The fourth-order valence-corrected chi connectivity index (χ4v) is 1.75. The number of alkyl halides is 2. The molecular formula is C8H8F3NO2S. The summed E-state index contributed by atoms with van der Waals surface area (Å²) in [7, 11) is -4.36. The molecule has 84 valence electrons. The van der Waals surface area contributed by atoms with Crippen molar-refractivity contribution in [3.8, 4) is 0 Å². The van der Waals surface area contributed by atoms with Gasteiger partial charge >= 0.3 is 0 Å². The van der Waals surface area contributed by atoms with Crippen molar-refractivity contribution < 1.29 is 21.6 Å². The molecule has 0 aliphatic heterocycles. The molecule has 0 aliphatic rings. The SMILES string of the molecule is NS(=O)(=O)CC(F)(F)c1ccccc1F. The van der Waals surface area contributed by atoms with E-state index >= 15 is 0 Å². The van der Waals surface area contributed by atoms with E-state index in [4.69, 9.17) is 0 Å². The summed E-state index contributed by atoms with van der Waals surface area (Å²) >= 11 is 0. The molecule has 2 N–H and O–H groups in total. The molecule has 0 heterocycles. The van der Waals surface area contributed by atoms with Gasteiger partial charge in [-0.1, -0.05) is 18.2 Å². The molecule has 1 aromatic rings. The van der Waals surface area contributed by atoms with E-state index in [0.717, 1.165) is 12.1 Å². The standard InChI is InChI=1S/C8H8F3NO2S/c9-7-4-2-1-3-6(7)8(10,11)5-15(12,13)14/h1-4H,5H2,(H2,12,13,14). The number of primary sulfonamides is 1. The number of halogens is 3. The highest BCUT2D eigenvalue weighted by Gasteiger charge is 2.38. The first-order chi connectivity index (χ1) is 6.72. The van der Waals surface area contributed by atoms with Crippen LogP contribution in [0.1, 0.15) is 5.56 Å². The molecule has 0 saturated heterocycles. The third-order valence-electron chi connectivity index (χ3n) is 1.65. The zero-order valence-corrected chi connectivity index (χ0v) is 8.27. The predicted molar refractivity (Wildman–Crippen MR) is 48.3 cm³/mol. The highest BCUT2D eigenvalue weighted by Crippen LogP contribution is 2.30. The number of rotatable bonds is 3. The molecule has 0 bridgehead atoms. The van der Waals surface area contributed by atoms with Crippen LogP contribution in [0.5, 0.6) is 0 Å². The van der Waals surface area contributed by atoms with Crippen LogP contribution in [0.15, 0.2) is 24.3 Å². The quantitative estimate of drug-likeness (QED) is 0.861. The Bertz CT molecular complexity index is 459. The van der Waals surface area contributed by atoms with Crippen LogP contribution in [0, 0.1) is 5.82 Å². The molecule has 0 aliphatic carbocycles. The first-order valence-electron chi connectivity index (χ1n) is 3.86. The van der Waals surface area contributed by atoms with Crippen molar-refractivity contribution in [2.75, 3.05) is 5.75 Å². The molecule has 0 fully saturated rings. The van der Waals surface area contributed by atoms with Crippen molar-refractivity contribution in [3.63, 3.8) is 0 Å². The average Bonchev–Trinajstić information content (AvgIpc) is 1.99. The van der Waals surface area contributed by atoms with Gasteiger partial charge in [0.15, 0.2) is 0 Å². The molecule has 1 aromatic carbocycles. The van der Waals surface area contributed by atoms with Crippen molar-refractivity contribution in [2.24, 2.45) is 5.14 Å². The Morgan fingerprint density at radius 3 is 2.27 bits per heavy atom. The lowest BCUT2D eigenvalue weighted by molar-refractivity contribution is 0.0176. The molecule has 0 unspecified atom stereocenters. The first-order valence-corrected chi connectivity index (χ1v) is 5.57. The van der Waals surface area contributed by atoms with E-state index < -0.39 is 33.1 Å². The third-order valence-corrected chi connectivity index (χ3v) is 2.42. The zero-order valence-electron chi connectivity index (χ0n) is 7.45. The highest BCUT2D eigenvalue weighted by molar-refractivity contribution is 7.89. The van der Waals surface area contributed by atoms with E-state index in [-0.39, 0.29) is 0 Å². The van der Waals surface area contributed by atoms with Crippen LogP contribution in [-0.2, 0) is 15.9 Å². The average molecular weight is 239 g/mol. The van der Waals surface area contributed by atoms with Gasteiger partial charge < -0.3 is 0 Å². The molecule has 0 radical (unpaired) electrons. The Morgan fingerprint density at radius 1 is 1.27 bits per heavy atom. The molecule has 15 heavy (non-hydrogen) atoms. The second kappa shape index (κ2) is 3.82. The summed E-state index contributed by atoms with van der Waals surface area (Å²) in [5, 5.41) is 4.48. The van der Waals surface area contributed by atoms with Crippen LogP contribution in [0.4, 0.5) is 13.2 Å². The predicted octanol–water partition coefficient (Wildman–Crippen LogP) is 1.21. The normalized spacial score (nSPS) is 12.8. The maximum absolute atomic E-state index is 13.2. The van der Waals surface area contributed by atoms with Gasteiger partial charge in [-0.05, 0) is 6.07 Å². The summed E-state index contributed by atoms with van der Waals surface area (Å²) in [6.45, 7) is 0. The second-order valence-electron chi connectivity index (χ2n) is 2.99. The van der Waals surface area contributed by atoms with Crippen molar-refractivity contribution in [1.29, 1.82) is 0 Å². The number of nitrogens with two attached hydrogens (primary N) is 1. The van der Waals surface area contributed by atoms with Gasteiger partial charge in [0.25, 0.3) is 5.92 Å². The van der Waals surface area contributed by atoms with Gasteiger partial charge in [0.1, 0.15) is 11.6 Å². The van der Waals surface area contributed by atoms with Gasteiger partial charge in [-0.3, -0.25) is 0 Å². The number of hydrogen-bond acceptors (Lipinski definition) is 2. The van der Waals surface area contributed by atoms with Crippen LogP contribution < -0.4 is 5.14 Å². The monoisotopic (exact) mass is 239 g/mol. The van der Waals surface area contributed by atoms with Gasteiger partial charge in [0.2, 0.25) is 10.0 Å². The summed E-state index contributed by atoms with van der Waals surface area (Å²) in [6, 6.07) is 4.06. The van der Waals surface area contributed by atoms with Gasteiger partial charge in [-0.15, -0.1) is 0 Å². The highest BCUT2D eigenvalue weighted by atomic mass is 32.2. The molecule has 0 aromatic heterocycles. The number of sulfonamides is 1. The van der Waals surface area contributed by atoms with E-state index in [2.05, 4.69) is 5.14 Å². The van der Waals surface area contributed by atoms with E-state index in [1.54, 1.807) is 0 Å². The number of hydrogen-bond donors (Lipinski definition) is 1. The van der Waals surface area contributed by atoms with Crippen molar-refractivity contribution in [1.82, 2.24) is 0 Å². The Kier molecular flexibility index (Phi) is 3.05. The fourth-order valence-electron chi connectivity index (χ4n) is 1.09. The van der Waals surface area contributed by atoms with Crippen molar-refractivity contribution in [2.45, 2.75) is 5.92 Å². The maximum Gasteiger partial charge on any atom is 0.291 e. The largest absolute Gasteiger partial charge is 0.291 e.